The number of carbonyl (C=O) groups excluding carboxylic acids is 2. The van der Waals surface area contributed by atoms with Gasteiger partial charge in [0, 0.05) is 12.7 Å². The number of rotatable bonds is 8. The van der Waals surface area contributed by atoms with E-state index in [9.17, 15) is 14.4 Å². The average Bonchev–Trinajstić information content (AvgIpc) is 3.49. The van der Waals surface area contributed by atoms with Crippen LogP contribution in [0.5, 0.6) is 11.5 Å². The molecule has 2 unspecified atom stereocenters. The van der Waals surface area contributed by atoms with Crippen LogP contribution < -0.4 is 31.4 Å². The second kappa shape index (κ2) is 10.7. The number of hydrogen-bond acceptors (Lipinski definition) is 10. The number of aromatic amines is 1. The molecule has 5 N–H and O–H groups in total. The van der Waals surface area contributed by atoms with Gasteiger partial charge in [0.25, 0.3) is 5.56 Å². The first kappa shape index (κ1) is 26.0. The highest BCUT2D eigenvalue weighted by Crippen LogP contribution is 2.31. The van der Waals surface area contributed by atoms with E-state index in [1.165, 1.54) is 17.7 Å². The van der Waals surface area contributed by atoms with Crippen molar-refractivity contribution in [3.63, 3.8) is 0 Å². The molecule has 0 fully saturated rings. The molecule has 0 bridgehead atoms. The number of carbonyl (C=O) groups is 2. The fourth-order valence-corrected chi connectivity index (χ4v) is 4.53. The molecule has 1 aliphatic heterocycles. The molecule has 6 rings (SSSR count). The van der Waals surface area contributed by atoms with Gasteiger partial charge in [-0.25, -0.2) is 4.98 Å². The zero-order chi connectivity index (χ0) is 28.5. The maximum Gasteiger partial charge on any atom is 0.267 e. The maximum atomic E-state index is 13.6. The SMILES string of the molecule is CC(=O)C(N)C(=O)NCc1ccc(-n2c(=O)c3cn[nH]c3c3cnc(NCC4COc5ccccc5O4)nc32)cc1. The summed E-state index contributed by atoms with van der Waals surface area (Å²) in [7, 11) is 0. The number of nitrogens with zero attached hydrogens (tertiary/aromatic N) is 4. The number of amides is 1. The highest BCUT2D eigenvalue weighted by atomic mass is 16.6. The first-order chi connectivity index (χ1) is 19.9. The molecule has 208 valence electrons. The van der Waals surface area contributed by atoms with E-state index in [1.54, 1.807) is 30.5 Å². The molecule has 3 aromatic heterocycles. The molecule has 0 saturated heterocycles. The van der Waals surface area contributed by atoms with Crippen LogP contribution in [0.2, 0.25) is 0 Å². The summed E-state index contributed by atoms with van der Waals surface area (Å²) < 4.78 is 13.3. The molecular weight excluding hydrogens is 528 g/mol. The Kier molecular flexibility index (Phi) is 6.77. The molecule has 1 aliphatic rings. The van der Waals surface area contributed by atoms with Gasteiger partial charge >= 0.3 is 0 Å². The highest BCUT2D eigenvalue weighted by Gasteiger charge is 2.22. The lowest BCUT2D eigenvalue weighted by atomic mass is 10.1. The van der Waals surface area contributed by atoms with Gasteiger partial charge in [0.1, 0.15) is 18.8 Å². The minimum absolute atomic E-state index is 0.171. The number of para-hydroxylation sites is 2. The van der Waals surface area contributed by atoms with E-state index in [1.807, 2.05) is 24.3 Å². The van der Waals surface area contributed by atoms with Crippen molar-refractivity contribution >= 4 is 39.6 Å². The lowest BCUT2D eigenvalue weighted by Gasteiger charge is -2.26. The number of benzene rings is 2. The van der Waals surface area contributed by atoms with Gasteiger partial charge in [-0.3, -0.25) is 24.0 Å². The van der Waals surface area contributed by atoms with E-state index in [2.05, 4.69) is 30.8 Å². The summed E-state index contributed by atoms with van der Waals surface area (Å²) in [6.07, 6.45) is 2.84. The summed E-state index contributed by atoms with van der Waals surface area (Å²) in [6, 6.07) is 13.3. The lowest BCUT2D eigenvalue weighted by molar-refractivity contribution is -0.129. The minimum Gasteiger partial charge on any atom is -0.486 e. The number of hydrogen-bond donors (Lipinski definition) is 4. The summed E-state index contributed by atoms with van der Waals surface area (Å²) in [5, 5.41) is 13.8. The van der Waals surface area contributed by atoms with Gasteiger partial charge in [0.05, 0.1) is 34.7 Å². The van der Waals surface area contributed by atoms with E-state index in [0.717, 1.165) is 5.56 Å². The van der Waals surface area contributed by atoms with Crippen LogP contribution in [0.3, 0.4) is 0 Å². The van der Waals surface area contributed by atoms with E-state index >= 15 is 0 Å². The first-order valence-corrected chi connectivity index (χ1v) is 12.9. The van der Waals surface area contributed by atoms with Crippen LogP contribution in [0.4, 0.5) is 5.95 Å². The monoisotopic (exact) mass is 554 g/mol. The molecule has 41 heavy (non-hydrogen) atoms. The van der Waals surface area contributed by atoms with E-state index < -0.39 is 17.7 Å². The van der Waals surface area contributed by atoms with Crippen molar-refractivity contribution in [2.24, 2.45) is 5.73 Å². The molecule has 0 aliphatic carbocycles. The summed E-state index contributed by atoms with van der Waals surface area (Å²) in [5.41, 5.74) is 7.51. The van der Waals surface area contributed by atoms with Crippen LogP contribution in [0.1, 0.15) is 12.5 Å². The van der Waals surface area contributed by atoms with E-state index in [4.69, 9.17) is 15.2 Å². The van der Waals surface area contributed by atoms with Gasteiger partial charge < -0.3 is 25.8 Å². The quantitative estimate of drug-likeness (QED) is 0.205. The molecule has 2 aromatic carbocycles. The molecule has 0 radical (unpaired) electrons. The largest absolute Gasteiger partial charge is 0.486 e. The Morgan fingerprint density at radius 3 is 2.68 bits per heavy atom. The molecule has 4 heterocycles. The van der Waals surface area contributed by atoms with Gasteiger partial charge in [-0.15, -0.1) is 0 Å². The van der Waals surface area contributed by atoms with Crippen LogP contribution in [-0.4, -0.2) is 61.7 Å². The Morgan fingerprint density at radius 2 is 1.90 bits per heavy atom. The van der Waals surface area contributed by atoms with Gasteiger partial charge in [-0.1, -0.05) is 24.3 Å². The summed E-state index contributed by atoms with van der Waals surface area (Å²) in [6.45, 7) is 2.18. The standard InChI is InChI=1S/C28H26N8O5/c1-15(37)23(29)26(38)30-10-16-6-8-17(9-7-16)36-25-19(24-20(27(36)39)13-33-35-24)12-32-28(34-25)31-11-18-14-40-21-4-2-3-5-22(21)41-18/h2-9,12-13,18,23H,10-11,14,29H2,1H3,(H,30,38)(H,33,35)(H,31,32,34). The molecule has 5 aromatic rings. The number of aromatic nitrogens is 5. The Hall–Kier alpha value is -5.30. The zero-order valence-corrected chi connectivity index (χ0v) is 22.0. The summed E-state index contributed by atoms with van der Waals surface area (Å²) in [5.74, 6) is 0.712. The predicted octanol–water partition coefficient (Wildman–Crippen LogP) is 1.44. The number of nitrogens with two attached hydrogens (primary N) is 1. The smallest absolute Gasteiger partial charge is 0.267 e. The van der Waals surface area contributed by atoms with Crippen molar-refractivity contribution < 1.29 is 19.1 Å². The second-order valence-electron chi connectivity index (χ2n) is 9.58. The number of fused-ring (bicyclic) bond motifs is 4. The van der Waals surface area contributed by atoms with Crippen LogP contribution in [0, 0.1) is 0 Å². The second-order valence-corrected chi connectivity index (χ2v) is 9.58. The Labute approximate surface area is 232 Å². The van der Waals surface area contributed by atoms with Gasteiger partial charge in [-0.2, -0.15) is 10.1 Å². The number of pyridine rings is 1. The van der Waals surface area contributed by atoms with Crippen molar-refractivity contribution in [3.8, 4) is 17.2 Å². The highest BCUT2D eigenvalue weighted by molar-refractivity contribution is 6.04. The van der Waals surface area contributed by atoms with Crippen LogP contribution in [0.15, 0.2) is 65.7 Å². The molecule has 0 spiro atoms. The molecule has 13 nitrogen and oxygen atoms in total. The number of nitrogens with one attached hydrogen (secondary N) is 3. The lowest BCUT2D eigenvalue weighted by Crippen LogP contribution is -2.44. The van der Waals surface area contributed by atoms with Crippen LogP contribution >= 0.6 is 0 Å². The van der Waals surface area contributed by atoms with Crippen molar-refractivity contribution in [1.82, 2.24) is 30.0 Å². The summed E-state index contributed by atoms with van der Waals surface area (Å²) >= 11 is 0. The Balaban J connectivity index is 1.27. The van der Waals surface area contributed by atoms with Crippen molar-refractivity contribution in [3.05, 3.63) is 76.8 Å². The fraction of sp³-hybridized carbons (Fsp3) is 0.214. The first-order valence-electron chi connectivity index (χ1n) is 12.9. The maximum absolute atomic E-state index is 13.6. The van der Waals surface area contributed by atoms with Gasteiger partial charge in [-0.05, 0) is 36.8 Å². The summed E-state index contributed by atoms with van der Waals surface area (Å²) in [4.78, 5) is 46.1. The third-order valence-electron chi connectivity index (χ3n) is 6.76. The number of H-pyrrole nitrogens is 1. The molecule has 2 atom stereocenters. The minimum atomic E-state index is -1.21. The van der Waals surface area contributed by atoms with Crippen molar-refractivity contribution in [2.75, 3.05) is 18.5 Å². The van der Waals surface area contributed by atoms with Gasteiger partial charge in [0.2, 0.25) is 11.9 Å². The van der Waals surface area contributed by atoms with E-state index in [-0.39, 0.29) is 18.2 Å². The van der Waals surface area contributed by atoms with Crippen LogP contribution in [-0.2, 0) is 16.1 Å². The molecule has 0 saturated carbocycles. The normalized spacial score (nSPS) is 15.0. The van der Waals surface area contributed by atoms with Gasteiger partial charge in [0.15, 0.2) is 22.9 Å². The van der Waals surface area contributed by atoms with Crippen LogP contribution in [0.25, 0.3) is 27.6 Å². The third kappa shape index (κ3) is 5.05. The molecule has 1 amide bonds. The predicted molar refractivity (Wildman–Crippen MR) is 150 cm³/mol. The Morgan fingerprint density at radius 1 is 1.12 bits per heavy atom. The van der Waals surface area contributed by atoms with Crippen molar-refractivity contribution in [1.29, 1.82) is 0 Å². The number of ketones is 1. The number of ether oxygens (including phenoxy) is 2. The Bertz CT molecular complexity index is 1830. The average molecular weight is 555 g/mol. The number of anilines is 1. The zero-order valence-electron chi connectivity index (χ0n) is 22.0. The van der Waals surface area contributed by atoms with E-state index in [0.29, 0.717) is 58.2 Å². The number of Topliss-reactive ketones (excluding diaryl/α,β-unsaturated/α-hetero) is 1. The fourth-order valence-electron chi connectivity index (χ4n) is 4.53. The molecular formula is C28H26N8O5. The third-order valence-corrected chi connectivity index (χ3v) is 6.76. The topological polar surface area (TPSA) is 179 Å². The molecule has 13 heteroatoms. The van der Waals surface area contributed by atoms with Crippen molar-refractivity contribution in [2.45, 2.75) is 25.6 Å².